The molecule has 9 heteroatoms. The zero-order valence-corrected chi connectivity index (χ0v) is 14.0. The maximum atomic E-state index is 13.7. The summed E-state index contributed by atoms with van der Waals surface area (Å²) in [7, 11) is 1.75. The van der Waals surface area contributed by atoms with E-state index in [-0.39, 0.29) is 37.2 Å². The first kappa shape index (κ1) is 17.2. The van der Waals surface area contributed by atoms with E-state index in [1.165, 1.54) is 0 Å². The lowest BCUT2D eigenvalue weighted by atomic mass is 10.1. The van der Waals surface area contributed by atoms with Crippen LogP contribution < -0.4 is 4.90 Å². The Morgan fingerprint density at radius 3 is 2.68 bits per heavy atom. The molecule has 0 unspecified atom stereocenters. The van der Waals surface area contributed by atoms with Gasteiger partial charge < -0.3 is 10.0 Å². The highest BCUT2D eigenvalue weighted by Crippen LogP contribution is 2.32. The molecule has 2 aromatic rings. The first-order chi connectivity index (χ1) is 11.8. The molecule has 0 spiro atoms. The van der Waals surface area contributed by atoms with Gasteiger partial charge >= 0.3 is 5.97 Å². The number of alkyl halides is 2. The maximum Gasteiger partial charge on any atom is 0.341 e. The first-order valence-corrected chi connectivity index (χ1v) is 8.00. The molecule has 1 N–H and O–H groups in total. The van der Waals surface area contributed by atoms with E-state index in [2.05, 4.69) is 15.1 Å². The number of rotatable bonds is 3. The van der Waals surface area contributed by atoms with E-state index in [0.717, 1.165) is 0 Å². The molecule has 1 aliphatic heterocycles. The van der Waals surface area contributed by atoms with Gasteiger partial charge in [0.25, 0.3) is 0 Å². The van der Waals surface area contributed by atoms with E-state index < -0.39 is 11.9 Å². The van der Waals surface area contributed by atoms with Gasteiger partial charge in [-0.05, 0) is 13.3 Å². The summed E-state index contributed by atoms with van der Waals surface area (Å²) < 4.78 is 28.9. The van der Waals surface area contributed by atoms with Crippen molar-refractivity contribution in [2.45, 2.75) is 32.1 Å². The van der Waals surface area contributed by atoms with Crippen LogP contribution in [0.4, 0.5) is 14.6 Å². The molecule has 25 heavy (non-hydrogen) atoms. The van der Waals surface area contributed by atoms with Crippen LogP contribution >= 0.6 is 0 Å². The fourth-order valence-corrected chi connectivity index (χ4v) is 2.98. The van der Waals surface area contributed by atoms with Crippen LogP contribution in [0.1, 0.15) is 35.3 Å². The zero-order valence-electron chi connectivity index (χ0n) is 14.0. The van der Waals surface area contributed by atoms with Gasteiger partial charge in [0.2, 0.25) is 5.92 Å². The SMILES string of the molecule is Cc1nc(-c2cnn(C)c2)nc(N2CCCC(F)(F)CC2)c1C(=O)O. The summed E-state index contributed by atoms with van der Waals surface area (Å²) in [6, 6.07) is 0. The number of hydrogen-bond donors (Lipinski definition) is 1. The van der Waals surface area contributed by atoms with Gasteiger partial charge in [-0.2, -0.15) is 5.10 Å². The van der Waals surface area contributed by atoms with Gasteiger partial charge in [-0.3, -0.25) is 4.68 Å². The lowest BCUT2D eigenvalue weighted by Gasteiger charge is -2.24. The molecule has 0 radical (unpaired) electrons. The average molecular weight is 351 g/mol. The highest BCUT2D eigenvalue weighted by Gasteiger charge is 2.33. The van der Waals surface area contributed by atoms with Crippen molar-refractivity contribution in [3.05, 3.63) is 23.7 Å². The second kappa shape index (κ2) is 6.38. The number of anilines is 1. The van der Waals surface area contributed by atoms with Crippen LogP contribution in [0.5, 0.6) is 0 Å². The normalized spacial score (nSPS) is 17.4. The Morgan fingerprint density at radius 1 is 1.28 bits per heavy atom. The standard InChI is InChI=1S/C16H19F2N5O2/c1-10-12(15(24)25)14(23-6-3-4-16(17,18)5-7-23)21-13(20-10)11-8-19-22(2)9-11/h8-9H,3-7H2,1-2H3,(H,24,25). The van der Waals surface area contributed by atoms with Gasteiger partial charge in [-0.25, -0.2) is 23.5 Å². The molecule has 1 aliphatic rings. The van der Waals surface area contributed by atoms with Crippen molar-refractivity contribution in [2.75, 3.05) is 18.0 Å². The number of carbonyl (C=O) groups is 1. The summed E-state index contributed by atoms with van der Waals surface area (Å²) >= 11 is 0. The summed E-state index contributed by atoms with van der Waals surface area (Å²) in [5.74, 6) is -3.37. The molecule has 1 fully saturated rings. The Hall–Kier alpha value is -2.58. The van der Waals surface area contributed by atoms with E-state index in [1.54, 1.807) is 35.9 Å². The molecule has 134 valence electrons. The first-order valence-electron chi connectivity index (χ1n) is 8.00. The highest BCUT2D eigenvalue weighted by atomic mass is 19.3. The Balaban J connectivity index is 2.06. The molecule has 0 aromatic carbocycles. The number of carboxylic acid groups (broad SMARTS) is 1. The molecule has 0 saturated carbocycles. The predicted octanol–water partition coefficient (Wildman–Crippen LogP) is 2.51. The molecule has 0 amide bonds. The van der Waals surface area contributed by atoms with Crippen LogP contribution in [0.2, 0.25) is 0 Å². The van der Waals surface area contributed by atoms with Gasteiger partial charge in [0.1, 0.15) is 11.4 Å². The minimum absolute atomic E-state index is 0.0437. The molecular formula is C16H19F2N5O2. The van der Waals surface area contributed by atoms with Gasteiger partial charge in [-0.15, -0.1) is 0 Å². The third-order valence-corrected chi connectivity index (χ3v) is 4.27. The van der Waals surface area contributed by atoms with Crippen LogP contribution in [0.3, 0.4) is 0 Å². The number of halogens is 2. The van der Waals surface area contributed by atoms with Crippen molar-refractivity contribution in [1.82, 2.24) is 19.7 Å². The predicted molar refractivity (Wildman–Crippen MR) is 86.9 cm³/mol. The molecule has 0 bridgehead atoms. The molecule has 7 nitrogen and oxygen atoms in total. The van der Waals surface area contributed by atoms with Crippen molar-refractivity contribution in [1.29, 1.82) is 0 Å². The summed E-state index contributed by atoms with van der Waals surface area (Å²) in [5.41, 5.74) is 0.897. The van der Waals surface area contributed by atoms with Crippen molar-refractivity contribution in [3.63, 3.8) is 0 Å². The second-order valence-electron chi connectivity index (χ2n) is 6.24. The average Bonchev–Trinajstić information content (AvgIpc) is 2.87. The zero-order chi connectivity index (χ0) is 18.2. The maximum absolute atomic E-state index is 13.7. The van der Waals surface area contributed by atoms with E-state index in [0.29, 0.717) is 23.6 Å². The molecule has 2 aromatic heterocycles. The lowest BCUT2D eigenvalue weighted by molar-refractivity contribution is -0.0102. The number of aromatic carboxylic acids is 1. The summed E-state index contributed by atoms with van der Waals surface area (Å²) in [4.78, 5) is 22.0. The van der Waals surface area contributed by atoms with Crippen LogP contribution in [-0.4, -0.2) is 49.8 Å². The van der Waals surface area contributed by atoms with Gasteiger partial charge in [0, 0.05) is 39.2 Å². The number of aryl methyl sites for hydroxylation is 2. The third kappa shape index (κ3) is 3.59. The van der Waals surface area contributed by atoms with Crippen LogP contribution in [-0.2, 0) is 7.05 Å². The van der Waals surface area contributed by atoms with E-state index in [1.807, 2.05) is 0 Å². The number of aromatic nitrogens is 4. The van der Waals surface area contributed by atoms with Crippen molar-refractivity contribution in [2.24, 2.45) is 7.05 Å². The van der Waals surface area contributed by atoms with E-state index in [4.69, 9.17) is 0 Å². The smallest absolute Gasteiger partial charge is 0.341 e. The quantitative estimate of drug-likeness (QED) is 0.915. The Kier molecular flexibility index (Phi) is 4.40. The Labute approximate surface area is 143 Å². The minimum atomic E-state index is -2.73. The molecule has 0 atom stereocenters. The summed E-state index contributed by atoms with van der Waals surface area (Å²) in [5, 5.41) is 13.6. The minimum Gasteiger partial charge on any atom is -0.477 e. The number of hydrogen-bond acceptors (Lipinski definition) is 5. The second-order valence-corrected chi connectivity index (χ2v) is 6.24. The summed E-state index contributed by atoms with van der Waals surface area (Å²) in [6.45, 7) is 1.97. The molecule has 1 saturated heterocycles. The lowest BCUT2D eigenvalue weighted by Crippen LogP contribution is -2.29. The highest BCUT2D eigenvalue weighted by molar-refractivity contribution is 5.95. The van der Waals surface area contributed by atoms with Crippen molar-refractivity contribution in [3.8, 4) is 11.4 Å². The molecular weight excluding hydrogens is 332 g/mol. The van der Waals surface area contributed by atoms with Gasteiger partial charge in [0.05, 0.1) is 17.5 Å². The topological polar surface area (TPSA) is 84.1 Å². The number of carboxylic acids is 1. The monoisotopic (exact) mass is 351 g/mol. The van der Waals surface area contributed by atoms with E-state index >= 15 is 0 Å². The van der Waals surface area contributed by atoms with Gasteiger partial charge in [0.15, 0.2) is 5.82 Å². The van der Waals surface area contributed by atoms with Crippen molar-refractivity contribution >= 4 is 11.8 Å². The number of nitrogens with zero attached hydrogens (tertiary/aromatic N) is 5. The molecule has 3 rings (SSSR count). The molecule has 0 aliphatic carbocycles. The Morgan fingerprint density at radius 2 is 2.04 bits per heavy atom. The Bertz CT molecular complexity index is 806. The third-order valence-electron chi connectivity index (χ3n) is 4.27. The van der Waals surface area contributed by atoms with Crippen LogP contribution in [0.15, 0.2) is 12.4 Å². The summed E-state index contributed by atoms with van der Waals surface area (Å²) in [6.07, 6.45) is 3.05. The van der Waals surface area contributed by atoms with Crippen LogP contribution in [0.25, 0.3) is 11.4 Å². The van der Waals surface area contributed by atoms with Gasteiger partial charge in [-0.1, -0.05) is 0 Å². The fraction of sp³-hybridized carbons (Fsp3) is 0.500. The largest absolute Gasteiger partial charge is 0.477 e. The van der Waals surface area contributed by atoms with E-state index in [9.17, 15) is 18.7 Å². The van der Waals surface area contributed by atoms with Crippen molar-refractivity contribution < 1.29 is 18.7 Å². The molecule has 3 heterocycles. The fourth-order valence-electron chi connectivity index (χ4n) is 2.98. The van der Waals surface area contributed by atoms with Crippen LogP contribution in [0, 0.1) is 6.92 Å².